The fourth-order valence-electron chi connectivity index (χ4n) is 1.94. The number of anilines is 1. The lowest BCUT2D eigenvalue weighted by Gasteiger charge is -2.15. The van der Waals surface area contributed by atoms with E-state index in [9.17, 15) is 0 Å². The molecule has 1 nitrogen and oxygen atoms in total. The average Bonchev–Trinajstić information content (AvgIpc) is 2.63. The van der Waals surface area contributed by atoms with Crippen LogP contribution in [-0.4, -0.2) is 11.8 Å². The molecule has 0 spiro atoms. The van der Waals surface area contributed by atoms with Crippen LogP contribution in [0, 0.1) is 6.92 Å². The van der Waals surface area contributed by atoms with Crippen LogP contribution in [0.4, 0.5) is 5.69 Å². The molecule has 0 saturated carbocycles. The second-order valence-corrected chi connectivity index (χ2v) is 6.64. The third-order valence-electron chi connectivity index (χ3n) is 3.23. The maximum atomic E-state index is 3.97. The maximum Gasteiger partial charge on any atom is 0.0453 e. The molecule has 1 aromatic rings. The summed E-state index contributed by atoms with van der Waals surface area (Å²) in [6, 6.07) is 6.31. The number of allylic oxidation sites excluding steroid dienone is 1. The van der Waals surface area contributed by atoms with Crippen molar-refractivity contribution in [2.24, 2.45) is 0 Å². The first-order chi connectivity index (χ1) is 12.4. The highest BCUT2D eigenvalue weighted by Crippen LogP contribution is 2.24. The number of hydrogen-bond acceptors (Lipinski definition) is 1. The fraction of sp³-hybridized carbons (Fsp3) is 0.625. The molecule has 0 fully saturated rings. The van der Waals surface area contributed by atoms with Gasteiger partial charge in [0, 0.05) is 23.1 Å². The van der Waals surface area contributed by atoms with Crippen LogP contribution in [0.15, 0.2) is 30.4 Å². The van der Waals surface area contributed by atoms with Crippen LogP contribution >= 0.6 is 8.86 Å². The quantitative estimate of drug-likeness (QED) is 0.467. The second kappa shape index (κ2) is 22.0. The van der Waals surface area contributed by atoms with Gasteiger partial charge in [0.05, 0.1) is 0 Å². The van der Waals surface area contributed by atoms with Crippen molar-refractivity contribution in [2.75, 3.05) is 11.9 Å². The van der Waals surface area contributed by atoms with Crippen molar-refractivity contribution < 1.29 is 0 Å². The number of para-hydroxylation sites is 1. The van der Waals surface area contributed by atoms with Gasteiger partial charge in [0.25, 0.3) is 0 Å². The van der Waals surface area contributed by atoms with Gasteiger partial charge in [-0.05, 0) is 31.4 Å². The van der Waals surface area contributed by atoms with Gasteiger partial charge >= 0.3 is 0 Å². The monoisotopic (exact) mass is 379 g/mol. The molecule has 0 radical (unpaired) electrons. The van der Waals surface area contributed by atoms with Crippen LogP contribution in [0.1, 0.15) is 98.6 Å². The van der Waals surface area contributed by atoms with Gasteiger partial charge in [0.1, 0.15) is 0 Å². The van der Waals surface area contributed by atoms with Gasteiger partial charge in [0.2, 0.25) is 0 Å². The van der Waals surface area contributed by atoms with E-state index in [4.69, 9.17) is 0 Å². The summed E-state index contributed by atoms with van der Waals surface area (Å²) < 4.78 is 0. The largest absolute Gasteiger partial charge is 0.384 e. The number of aryl methyl sites for hydroxylation is 1. The van der Waals surface area contributed by atoms with E-state index < -0.39 is 0 Å². The van der Waals surface area contributed by atoms with Gasteiger partial charge < -0.3 is 5.32 Å². The summed E-state index contributed by atoms with van der Waals surface area (Å²) >= 11 is 0. The van der Waals surface area contributed by atoms with E-state index in [1.807, 2.05) is 20.8 Å². The lowest BCUT2D eigenvalue weighted by molar-refractivity contribution is 0.772. The predicted octanol–water partition coefficient (Wildman–Crippen LogP) is 8.70. The Balaban J connectivity index is -0.000000441. The number of hydrogen-bond donors (Lipinski definition) is 1. The van der Waals surface area contributed by atoms with Crippen molar-refractivity contribution in [3.63, 3.8) is 0 Å². The van der Waals surface area contributed by atoms with Crippen molar-refractivity contribution in [1.29, 1.82) is 0 Å². The van der Waals surface area contributed by atoms with Crippen LogP contribution in [0.5, 0.6) is 0 Å². The van der Waals surface area contributed by atoms with E-state index in [0.29, 0.717) is 0 Å². The SMILES string of the molecule is C=C(C)C(=P)c1cccc(C)c1NCCC.CC.CCC.CCCCC. The molecule has 0 amide bonds. The Labute approximate surface area is 167 Å². The Kier molecular flexibility index (Phi) is 25.1. The maximum absolute atomic E-state index is 3.97. The standard InChI is InChI=1S/C14H20NP.C5H12.C3H8.C2H6/c1-5-9-15-13-11(4)7-6-8-12(13)14(16)10(2)3;1-3-5-4-2;1-3-2;1-2/h6-8,15-16H,2,5,9H2,1,3-4H3;3-5H2,1-2H3;3H2,1-2H3;1-2H3. The molecule has 0 aromatic heterocycles. The molecule has 0 bridgehead atoms. The first-order valence-corrected chi connectivity index (χ1v) is 11.0. The first kappa shape index (κ1) is 29.7. The van der Waals surface area contributed by atoms with Gasteiger partial charge in [-0.1, -0.05) is 98.9 Å². The number of unbranched alkanes of at least 4 members (excludes halogenated alkanes) is 2. The molecule has 0 aliphatic carbocycles. The molecule has 1 N–H and O–H groups in total. The second-order valence-electron chi connectivity index (χ2n) is 6.14. The predicted molar refractivity (Wildman–Crippen MR) is 130 cm³/mol. The van der Waals surface area contributed by atoms with E-state index in [1.54, 1.807) is 0 Å². The molecule has 0 heterocycles. The number of rotatable bonds is 7. The molecule has 0 aliphatic rings. The minimum atomic E-state index is 0.994. The summed E-state index contributed by atoms with van der Waals surface area (Å²) in [4.78, 5) is 0. The lowest BCUT2D eigenvalue weighted by Crippen LogP contribution is -2.08. The van der Waals surface area contributed by atoms with Crippen LogP contribution in [0.2, 0.25) is 0 Å². The first-order valence-electron chi connectivity index (χ1n) is 10.5. The molecular formula is C24H46NP. The molecule has 0 atom stereocenters. The van der Waals surface area contributed by atoms with Crippen LogP contribution in [-0.2, 0) is 0 Å². The minimum absolute atomic E-state index is 0.994. The highest BCUT2D eigenvalue weighted by atomic mass is 31.0. The zero-order chi connectivity index (χ0) is 21.0. The molecule has 1 aromatic carbocycles. The van der Waals surface area contributed by atoms with Crippen molar-refractivity contribution in [1.82, 2.24) is 0 Å². The molecule has 0 aliphatic heterocycles. The Hall–Kier alpha value is -1.07. The van der Waals surface area contributed by atoms with E-state index in [2.05, 4.69) is 80.5 Å². The van der Waals surface area contributed by atoms with Gasteiger partial charge in [-0.25, -0.2) is 0 Å². The summed E-state index contributed by atoms with van der Waals surface area (Å²) in [6.45, 7) is 23.9. The van der Waals surface area contributed by atoms with Gasteiger partial charge in [-0.15, -0.1) is 8.86 Å². The Bertz CT molecular complexity index is 461. The van der Waals surface area contributed by atoms with Crippen molar-refractivity contribution in [3.05, 3.63) is 41.5 Å². The van der Waals surface area contributed by atoms with E-state index in [0.717, 1.165) is 23.8 Å². The van der Waals surface area contributed by atoms with E-state index in [-0.39, 0.29) is 0 Å². The smallest absolute Gasteiger partial charge is 0.0453 e. The molecule has 0 saturated heterocycles. The zero-order valence-electron chi connectivity index (χ0n) is 19.2. The molecule has 0 unspecified atom stereocenters. The normalized spacial score (nSPS) is 8.65. The zero-order valence-corrected chi connectivity index (χ0v) is 20.2. The number of benzene rings is 1. The topological polar surface area (TPSA) is 12.0 Å². The van der Waals surface area contributed by atoms with Crippen LogP contribution < -0.4 is 5.32 Å². The minimum Gasteiger partial charge on any atom is -0.384 e. The Morgan fingerprint density at radius 1 is 1.00 bits per heavy atom. The van der Waals surface area contributed by atoms with Crippen molar-refractivity contribution >= 4 is 19.8 Å². The third kappa shape index (κ3) is 15.2. The highest BCUT2D eigenvalue weighted by Gasteiger charge is 2.08. The summed E-state index contributed by atoms with van der Waals surface area (Å²) in [5, 5.41) is 4.55. The average molecular weight is 380 g/mol. The van der Waals surface area contributed by atoms with Crippen LogP contribution in [0.3, 0.4) is 0 Å². The van der Waals surface area contributed by atoms with Gasteiger partial charge in [-0.3, -0.25) is 0 Å². The van der Waals surface area contributed by atoms with Gasteiger partial charge in [0.15, 0.2) is 0 Å². The van der Waals surface area contributed by atoms with Crippen LogP contribution in [0.25, 0.3) is 0 Å². The Morgan fingerprint density at radius 3 is 1.85 bits per heavy atom. The molecule has 1 rings (SSSR count). The summed E-state index contributed by atoms with van der Waals surface area (Å²) in [7, 11) is 3.66. The molecular weight excluding hydrogens is 333 g/mol. The van der Waals surface area contributed by atoms with E-state index in [1.165, 1.54) is 42.5 Å². The lowest BCUT2D eigenvalue weighted by atomic mass is 10.0. The third-order valence-corrected chi connectivity index (χ3v) is 3.92. The summed E-state index contributed by atoms with van der Waals surface area (Å²) in [5.41, 5.74) is 4.71. The summed E-state index contributed by atoms with van der Waals surface area (Å²) in [6.07, 6.45) is 6.45. The Morgan fingerprint density at radius 2 is 1.50 bits per heavy atom. The molecule has 152 valence electrons. The molecule has 2 heteroatoms. The highest BCUT2D eigenvalue weighted by molar-refractivity contribution is 7.23. The molecule has 26 heavy (non-hydrogen) atoms. The van der Waals surface area contributed by atoms with E-state index >= 15 is 0 Å². The number of nitrogens with one attached hydrogen (secondary N) is 1. The van der Waals surface area contributed by atoms with Crippen molar-refractivity contribution in [2.45, 2.75) is 94.4 Å². The van der Waals surface area contributed by atoms with Gasteiger partial charge in [-0.2, -0.15) is 0 Å². The summed E-state index contributed by atoms with van der Waals surface area (Å²) in [5.74, 6) is 0. The fourth-order valence-corrected chi connectivity index (χ4v) is 2.15. The van der Waals surface area contributed by atoms with Crippen molar-refractivity contribution in [3.8, 4) is 0 Å².